The van der Waals surface area contributed by atoms with E-state index in [2.05, 4.69) is 15.0 Å². The van der Waals surface area contributed by atoms with Crippen molar-refractivity contribution < 1.29 is 22.6 Å². The molecule has 0 radical (unpaired) electrons. The molecule has 0 bridgehead atoms. The summed E-state index contributed by atoms with van der Waals surface area (Å²) >= 11 is 0. The monoisotopic (exact) mass is 353 g/mol. The highest BCUT2D eigenvalue weighted by atomic mass is 19.4. The number of rotatable bonds is 6. The minimum atomic E-state index is -4.79. The molecule has 25 heavy (non-hydrogen) atoms. The number of guanidine groups is 1. The second-order valence-electron chi connectivity index (χ2n) is 4.95. The van der Waals surface area contributed by atoms with Crippen LogP contribution >= 0.6 is 0 Å². The first kappa shape index (κ1) is 18.4. The lowest BCUT2D eigenvalue weighted by atomic mass is 10.2. The van der Waals surface area contributed by atoms with Crippen molar-refractivity contribution in [3.8, 4) is 11.5 Å². The van der Waals surface area contributed by atoms with E-state index >= 15 is 0 Å². The molecule has 0 aliphatic rings. The van der Waals surface area contributed by atoms with E-state index in [1.165, 1.54) is 18.2 Å². The van der Waals surface area contributed by atoms with Crippen molar-refractivity contribution in [2.45, 2.75) is 19.8 Å². The Balaban J connectivity index is 2.05. The number of halogens is 3. The van der Waals surface area contributed by atoms with Crippen molar-refractivity contribution in [2.24, 2.45) is 10.7 Å². The largest absolute Gasteiger partial charge is 0.573 e. The Bertz CT molecular complexity index is 733. The van der Waals surface area contributed by atoms with Gasteiger partial charge in [-0.1, -0.05) is 24.3 Å². The maximum atomic E-state index is 12.4. The molecule has 0 aromatic heterocycles. The second-order valence-corrected chi connectivity index (χ2v) is 4.95. The summed E-state index contributed by atoms with van der Waals surface area (Å²) in [7, 11) is 0. The Morgan fingerprint density at radius 1 is 1.16 bits per heavy atom. The number of aliphatic imine (C=N–C) groups is 1. The number of hydrogen-bond donors (Lipinski definition) is 2. The number of alkyl halides is 3. The molecule has 0 saturated heterocycles. The van der Waals surface area contributed by atoms with E-state index in [1.807, 2.05) is 31.2 Å². The second kappa shape index (κ2) is 8.27. The van der Waals surface area contributed by atoms with Gasteiger partial charge in [-0.3, -0.25) is 0 Å². The van der Waals surface area contributed by atoms with Gasteiger partial charge in [0.15, 0.2) is 11.7 Å². The van der Waals surface area contributed by atoms with Gasteiger partial charge in [-0.05, 0) is 36.8 Å². The van der Waals surface area contributed by atoms with Crippen LogP contribution in [0, 0.1) is 0 Å². The molecule has 0 spiro atoms. The third-order valence-corrected chi connectivity index (χ3v) is 3.02. The highest BCUT2D eigenvalue weighted by Gasteiger charge is 2.32. The minimum Gasteiger partial charge on any atom is -0.494 e. The number of nitrogens with one attached hydrogen (secondary N) is 1. The van der Waals surface area contributed by atoms with E-state index in [1.54, 1.807) is 6.07 Å². The average Bonchev–Trinajstić information content (AvgIpc) is 2.54. The van der Waals surface area contributed by atoms with Crippen LogP contribution in [0.2, 0.25) is 0 Å². The molecular formula is C17H18F3N3O2. The molecule has 2 aromatic carbocycles. The summed E-state index contributed by atoms with van der Waals surface area (Å²) in [6.07, 6.45) is -4.79. The van der Waals surface area contributed by atoms with E-state index < -0.39 is 6.36 Å². The van der Waals surface area contributed by atoms with Crippen LogP contribution in [0.5, 0.6) is 11.5 Å². The molecule has 0 heterocycles. The maximum Gasteiger partial charge on any atom is 0.573 e. The zero-order valence-electron chi connectivity index (χ0n) is 13.5. The summed E-state index contributed by atoms with van der Waals surface area (Å²) in [4.78, 5) is 4.12. The van der Waals surface area contributed by atoms with Crippen molar-refractivity contribution in [1.29, 1.82) is 0 Å². The van der Waals surface area contributed by atoms with Gasteiger partial charge in [0, 0.05) is 0 Å². The highest BCUT2D eigenvalue weighted by molar-refractivity contribution is 5.93. The van der Waals surface area contributed by atoms with Crippen LogP contribution in [0.15, 0.2) is 53.5 Å². The van der Waals surface area contributed by atoms with E-state index in [0.717, 1.165) is 5.56 Å². The lowest BCUT2D eigenvalue weighted by Crippen LogP contribution is -2.24. The Hall–Kier alpha value is -2.90. The Morgan fingerprint density at radius 2 is 1.92 bits per heavy atom. The molecule has 0 aliphatic heterocycles. The number of nitrogens with zero attached hydrogens (tertiary/aromatic N) is 1. The number of ether oxygens (including phenoxy) is 2. The fourth-order valence-electron chi connectivity index (χ4n) is 2.04. The molecule has 8 heteroatoms. The van der Waals surface area contributed by atoms with Gasteiger partial charge in [0.05, 0.1) is 18.8 Å². The molecule has 0 unspecified atom stereocenters. The predicted octanol–water partition coefficient (Wildman–Crippen LogP) is 3.91. The Kier molecular flexibility index (Phi) is 6.10. The van der Waals surface area contributed by atoms with E-state index in [-0.39, 0.29) is 23.9 Å². The number of benzene rings is 2. The summed E-state index contributed by atoms with van der Waals surface area (Å²) in [6, 6.07) is 12.9. The lowest BCUT2D eigenvalue weighted by molar-refractivity contribution is -0.274. The van der Waals surface area contributed by atoms with Crippen molar-refractivity contribution in [3.63, 3.8) is 0 Å². The van der Waals surface area contributed by atoms with Gasteiger partial charge in [0.25, 0.3) is 0 Å². The van der Waals surface area contributed by atoms with Crippen molar-refractivity contribution in [3.05, 3.63) is 54.1 Å². The summed E-state index contributed by atoms with van der Waals surface area (Å²) < 4.78 is 46.6. The van der Waals surface area contributed by atoms with Gasteiger partial charge in [-0.25, -0.2) is 4.99 Å². The topological polar surface area (TPSA) is 68.9 Å². The summed E-state index contributed by atoms with van der Waals surface area (Å²) in [5, 5.41) is 2.61. The van der Waals surface area contributed by atoms with E-state index in [9.17, 15) is 13.2 Å². The molecule has 0 aliphatic carbocycles. The zero-order valence-corrected chi connectivity index (χ0v) is 13.5. The molecule has 0 fully saturated rings. The standard InChI is InChI=1S/C17H18F3N3O2/c1-2-24-13-7-5-6-12(10-13)11-22-16(21)23-14-8-3-4-9-15(14)25-17(18,19)20/h3-10H,2,11H2,1H3,(H3,21,22,23). The molecule has 5 nitrogen and oxygen atoms in total. The van der Waals surface area contributed by atoms with Gasteiger partial charge in [-0.15, -0.1) is 13.2 Å². The maximum absolute atomic E-state index is 12.4. The third kappa shape index (κ3) is 6.25. The first-order valence-electron chi connectivity index (χ1n) is 7.51. The van der Waals surface area contributed by atoms with E-state index in [4.69, 9.17) is 10.5 Å². The van der Waals surface area contributed by atoms with Crippen LogP contribution in [0.3, 0.4) is 0 Å². The van der Waals surface area contributed by atoms with Crippen molar-refractivity contribution in [2.75, 3.05) is 11.9 Å². The fraction of sp³-hybridized carbons (Fsp3) is 0.235. The van der Waals surface area contributed by atoms with Crippen molar-refractivity contribution in [1.82, 2.24) is 0 Å². The van der Waals surface area contributed by atoms with Crippen LogP contribution in [-0.2, 0) is 6.54 Å². The summed E-state index contributed by atoms with van der Waals surface area (Å²) in [5.74, 6) is 0.303. The van der Waals surface area contributed by atoms with Gasteiger partial charge in [0.1, 0.15) is 5.75 Å². The van der Waals surface area contributed by atoms with Gasteiger partial charge in [0.2, 0.25) is 0 Å². The van der Waals surface area contributed by atoms with Crippen LogP contribution in [0.1, 0.15) is 12.5 Å². The van der Waals surface area contributed by atoms with E-state index in [0.29, 0.717) is 12.4 Å². The van der Waals surface area contributed by atoms with Crippen LogP contribution in [0.4, 0.5) is 18.9 Å². The molecule has 0 amide bonds. The zero-order chi connectivity index (χ0) is 18.3. The normalized spacial score (nSPS) is 11.9. The molecule has 3 N–H and O–H groups in total. The van der Waals surface area contributed by atoms with Crippen LogP contribution in [-0.4, -0.2) is 18.9 Å². The number of para-hydroxylation sites is 2. The van der Waals surface area contributed by atoms with Gasteiger partial charge < -0.3 is 20.5 Å². The Labute approximate surface area is 143 Å². The molecule has 2 aromatic rings. The highest BCUT2D eigenvalue weighted by Crippen LogP contribution is 2.29. The predicted molar refractivity (Wildman–Crippen MR) is 89.7 cm³/mol. The lowest BCUT2D eigenvalue weighted by Gasteiger charge is -2.14. The molecular weight excluding hydrogens is 335 g/mol. The Morgan fingerprint density at radius 3 is 2.64 bits per heavy atom. The number of anilines is 1. The van der Waals surface area contributed by atoms with Crippen molar-refractivity contribution >= 4 is 11.6 Å². The third-order valence-electron chi connectivity index (χ3n) is 3.02. The van der Waals surface area contributed by atoms with Gasteiger partial charge in [-0.2, -0.15) is 0 Å². The number of hydrogen-bond acceptors (Lipinski definition) is 3. The fourth-order valence-corrected chi connectivity index (χ4v) is 2.04. The minimum absolute atomic E-state index is 0.0277. The molecule has 0 saturated carbocycles. The first-order chi connectivity index (χ1) is 11.9. The van der Waals surface area contributed by atoms with Crippen LogP contribution in [0.25, 0.3) is 0 Å². The van der Waals surface area contributed by atoms with Gasteiger partial charge >= 0.3 is 6.36 Å². The average molecular weight is 353 g/mol. The molecule has 0 atom stereocenters. The smallest absolute Gasteiger partial charge is 0.494 e. The molecule has 2 rings (SSSR count). The van der Waals surface area contributed by atoms with Crippen LogP contribution < -0.4 is 20.5 Å². The summed E-state index contributed by atoms with van der Waals surface area (Å²) in [5.41, 5.74) is 6.68. The summed E-state index contributed by atoms with van der Waals surface area (Å²) in [6.45, 7) is 2.68. The number of nitrogens with two attached hydrogens (primary N) is 1. The first-order valence-corrected chi connectivity index (χ1v) is 7.51. The molecule has 134 valence electrons. The SMILES string of the molecule is CCOc1cccc(CN=C(N)Nc2ccccc2OC(F)(F)F)c1. The quantitative estimate of drug-likeness (QED) is 0.610.